The molecule has 0 aromatic heterocycles. The maximum absolute atomic E-state index is 13.6. The largest absolute Gasteiger partial charge is 0.452 e. The van der Waals surface area contributed by atoms with Crippen molar-refractivity contribution in [1.82, 2.24) is 0 Å². The number of nitrogen functional groups attached to an aromatic ring is 1. The number of ether oxygens (including phenoxy) is 1. The summed E-state index contributed by atoms with van der Waals surface area (Å²) in [4.78, 5) is 0. The second kappa shape index (κ2) is 4.63. The van der Waals surface area contributed by atoms with Crippen LogP contribution in [0.25, 0.3) is 0 Å². The van der Waals surface area contributed by atoms with E-state index in [9.17, 15) is 4.39 Å². The molecule has 2 rings (SSSR count). The molecule has 88 valence electrons. The number of nitrogens with two attached hydrogens (primary N) is 1. The molecule has 2 aromatic carbocycles. The molecule has 0 bridgehead atoms. The molecule has 2 aromatic rings. The predicted octanol–water partition coefficient (Wildman–Crippen LogP) is 4.16. The fourth-order valence-electron chi connectivity index (χ4n) is 1.44. The van der Waals surface area contributed by atoms with Gasteiger partial charge < -0.3 is 10.5 Å². The Kier molecular flexibility index (Phi) is 3.20. The minimum atomic E-state index is -0.589. The van der Waals surface area contributed by atoms with Crippen molar-refractivity contribution < 1.29 is 9.13 Å². The van der Waals surface area contributed by atoms with E-state index in [-0.39, 0.29) is 10.8 Å². The molecule has 0 atom stereocenters. The average Bonchev–Trinajstić information content (AvgIpc) is 2.28. The van der Waals surface area contributed by atoms with Gasteiger partial charge in [-0.05, 0) is 36.8 Å². The maximum Gasteiger partial charge on any atom is 0.184 e. The van der Waals surface area contributed by atoms with E-state index >= 15 is 0 Å². The first-order valence-corrected chi connectivity index (χ1v) is 5.43. The Balaban J connectivity index is 2.35. The third kappa shape index (κ3) is 2.50. The SMILES string of the molecule is Cc1ccc(Oc2cccc(Cl)c2F)c(N)c1. The summed E-state index contributed by atoms with van der Waals surface area (Å²) in [6.45, 7) is 1.92. The van der Waals surface area contributed by atoms with E-state index in [0.717, 1.165) is 5.56 Å². The fraction of sp³-hybridized carbons (Fsp3) is 0.0769. The van der Waals surface area contributed by atoms with Gasteiger partial charge in [-0.2, -0.15) is 0 Å². The van der Waals surface area contributed by atoms with Gasteiger partial charge in [0.05, 0.1) is 10.7 Å². The van der Waals surface area contributed by atoms with Crippen molar-refractivity contribution >= 4 is 17.3 Å². The third-order valence-electron chi connectivity index (χ3n) is 2.30. The van der Waals surface area contributed by atoms with Crippen molar-refractivity contribution in [3.8, 4) is 11.5 Å². The molecule has 0 unspecified atom stereocenters. The topological polar surface area (TPSA) is 35.2 Å². The quantitative estimate of drug-likeness (QED) is 0.814. The minimum absolute atomic E-state index is 0.0215. The van der Waals surface area contributed by atoms with Crippen LogP contribution in [0.4, 0.5) is 10.1 Å². The Morgan fingerprint density at radius 3 is 2.65 bits per heavy atom. The summed E-state index contributed by atoms with van der Waals surface area (Å²) in [6.07, 6.45) is 0. The molecule has 0 radical (unpaired) electrons. The monoisotopic (exact) mass is 251 g/mol. The smallest absolute Gasteiger partial charge is 0.184 e. The maximum atomic E-state index is 13.6. The molecule has 4 heteroatoms. The highest BCUT2D eigenvalue weighted by Gasteiger charge is 2.09. The van der Waals surface area contributed by atoms with Crippen molar-refractivity contribution in [2.24, 2.45) is 0 Å². The Morgan fingerprint density at radius 2 is 1.94 bits per heavy atom. The number of rotatable bonds is 2. The molecule has 0 saturated carbocycles. The zero-order valence-corrected chi connectivity index (χ0v) is 9.96. The number of hydrogen-bond donors (Lipinski definition) is 1. The Bertz CT molecular complexity index is 557. The average molecular weight is 252 g/mol. The second-order valence-corrected chi connectivity index (χ2v) is 4.10. The van der Waals surface area contributed by atoms with Crippen LogP contribution in [0.2, 0.25) is 5.02 Å². The molecule has 0 heterocycles. The van der Waals surface area contributed by atoms with Gasteiger partial charge in [0.2, 0.25) is 0 Å². The molecule has 0 saturated heterocycles. The lowest BCUT2D eigenvalue weighted by atomic mass is 10.2. The molecule has 0 fully saturated rings. The van der Waals surface area contributed by atoms with E-state index in [1.165, 1.54) is 12.1 Å². The normalized spacial score (nSPS) is 10.3. The van der Waals surface area contributed by atoms with Gasteiger partial charge in [0, 0.05) is 0 Å². The van der Waals surface area contributed by atoms with Crippen LogP contribution in [0.5, 0.6) is 11.5 Å². The van der Waals surface area contributed by atoms with Crippen LogP contribution in [-0.2, 0) is 0 Å². The summed E-state index contributed by atoms with van der Waals surface area (Å²) in [5.41, 5.74) is 7.25. The summed E-state index contributed by atoms with van der Waals surface area (Å²) in [5, 5.41) is 0.0215. The summed E-state index contributed by atoms with van der Waals surface area (Å²) in [5.74, 6) is -0.112. The van der Waals surface area contributed by atoms with Crippen LogP contribution < -0.4 is 10.5 Å². The zero-order chi connectivity index (χ0) is 12.4. The highest BCUT2D eigenvalue weighted by atomic mass is 35.5. The van der Waals surface area contributed by atoms with Crippen molar-refractivity contribution in [1.29, 1.82) is 0 Å². The van der Waals surface area contributed by atoms with Gasteiger partial charge >= 0.3 is 0 Å². The highest BCUT2D eigenvalue weighted by Crippen LogP contribution is 2.32. The zero-order valence-electron chi connectivity index (χ0n) is 9.21. The van der Waals surface area contributed by atoms with E-state index in [0.29, 0.717) is 11.4 Å². The van der Waals surface area contributed by atoms with Crippen molar-refractivity contribution in [2.75, 3.05) is 5.73 Å². The Hall–Kier alpha value is -1.74. The molecule has 0 aliphatic carbocycles. The third-order valence-corrected chi connectivity index (χ3v) is 2.59. The number of aryl methyl sites for hydroxylation is 1. The standard InChI is InChI=1S/C13H11ClFNO/c1-8-5-6-11(10(16)7-8)17-12-4-2-3-9(14)13(12)15/h2-7H,16H2,1H3. The summed E-state index contributed by atoms with van der Waals surface area (Å²) in [7, 11) is 0. The first-order valence-electron chi connectivity index (χ1n) is 5.06. The van der Waals surface area contributed by atoms with Crippen molar-refractivity contribution in [3.63, 3.8) is 0 Å². The second-order valence-electron chi connectivity index (χ2n) is 3.70. The van der Waals surface area contributed by atoms with Crippen LogP contribution in [0, 0.1) is 12.7 Å². The van der Waals surface area contributed by atoms with Crippen LogP contribution in [0.15, 0.2) is 36.4 Å². The number of benzene rings is 2. The lowest BCUT2D eigenvalue weighted by Gasteiger charge is -2.10. The van der Waals surface area contributed by atoms with Gasteiger partial charge in [0.15, 0.2) is 11.6 Å². The lowest BCUT2D eigenvalue weighted by Crippen LogP contribution is -1.94. The lowest BCUT2D eigenvalue weighted by molar-refractivity contribution is 0.444. The Morgan fingerprint density at radius 1 is 1.18 bits per heavy atom. The van der Waals surface area contributed by atoms with E-state index in [1.807, 2.05) is 13.0 Å². The molecule has 0 aliphatic rings. The fourth-order valence-corrected chi connectivity index (χ4v) is 1.61. The number of anilines is 1. The molecule has 0 aliphatic heterocycles. The summed E-state index contributed by atoms with van der Waals surface area (Å²) >= 11 is 5.66. The van der Waals surface area contributed by atoms with E-state index in [1.54, 1.807) is 18.2 Å². The first-order chi connectivity index (χ1) is 8.08. The minimum Gasteiger partial charge on any atom is -0.452 e. The van der Waals surface area contributed by atoms with E-state index in [2.05, 4.69) is 0 Å². The summed E-state index contributed by atoms with van der Waals surface area (Å²) in [6, 6.07) is 9.88. The molecule has 0 spiro atoms. The van der Waals surface area contributed by atoms with Crippen LogP contribution in [0.3, 0.4) is 0 Å². The molecular formula is C13H11ClFNO. The van der Waals surface area contributed by atoms with Gasteiger partial charge in [0.1, 0.15) is 5.75 Å². The van der Waals surface area contributed by atoms with E-state index < -0.39 is 5.82 Å². The van der Waals surface area contributed by atoms with Crippen LogP contribution in [0.1, 0.15) is 5.56 Å². The van der Waals surface area contributed by atoms with Crippen molar-refractivity contribution in [3.05, 3.63) is 52.8 Å². The molecule has 0 amide bonds. The molecule has 2 N–H and O–H groups in total. The number of halogens is 2. The van der Waals surface area contributed by atoms with E-state index in [4.69, 9.17) is 22.1 Å². The van der Waals surface area contributed by atoms with Gasteiger partial charge in [0.25, 0.3) is 0 Å². The number of hydrogen-bond acceptors (Lipinski definition) is 2. The molecule has 2 nitrogen and oxygen atoms in total. The van der Waals surface area contributed by atoms with Gasteiger partial charge in [-0.3, -0.25) is 0 Å². The van der Waals surface area contributed by atoms with Gasteiger partial charge in [-0.25, -0.2) is 4.39 Å². The van der Waals surface area contributed by atoms with Gasteiger partial charge in [-0.1, -0.05) is 23.7 Å². The highest BCUT2D eigenvalue weighted by molar-refractivity contribution is 6.30. The first kappa shape index (κ1) is 11.7. The van der Waals surface area contributed by atoms with Crippen LogP contribution >= 0.6 is 11.6 Å². The predicted molar refractivity (Wildman–Crippen MR) is 67.1 cm³/mol. The molecular weight excluding hydrogens is 241 g/mol. The summed E-state index contributed by atoms with van der Waals surface area (Å²) < 4.78 is 19.0. The van der Waals surface area contributed by atoms with Crippen molar-refractivity contribution in [2.45, 2.75) is 6.92 Å². The van der Waals surface area contributed by atoms with Gasteiger partial charge in [-0.15, -0.1) is 0 Å². The Labute approximate surface area is 104 Å². The molecule has 17 heavy (non-hydrogen) atoms. The van der Waals surface area contributed by atoms with Crippen LogP contribution in [-0.4, -0.2) is 0 Å².